The van der Waals surface area contributed by atoms with E-state index in [0.29, 0.717) is 26.1 Å². The number of aryl methyl sites for hydroxylation is 1. The summed E-state index contributed by atoms with van der Waals surface area (Å²) in [5, 5.41) is 6.22. The molecule has 0 radical (unpaired) electrons. The third-order valence-corrected chi connectivity index (χ3v) is 5.54. The molecule has 0 saturated carbocycles. The van der Waals surface area contributed by atoms with Crippen LogP contribution in [0.4, 0.5) is 5.69 Å². The van der Waals surface area contributed by atoms with Gasteiger partial charge in [0.15, 0.2) is 5.16 Å². The first-order valence-corrected chi connectivity index (χ1v) is 9.33. The fourth-order valence-electron chi connectivity index (χ4n) is 2.15. The Morgan fingerprint density at radius 2 is 2.21 bits per heavy atom. The van der Waals surface area contributed by atoms with Crippen LogP contribution >= 0.6 is 34.7 Å². The normalized spacial score (nSPS) is 11.0. The monoisotopic (exact) mass is 379 g/mol. The van der Waals surface area contributed by atoms with Gasteiger partial charge in [0.05, 0.1) is 21.8 Å². The lowest BCUT2D eigenvalue weighted by Crippen LogP contribution is -2.20. The van der Waals surface area contributed by atoms with Gasteiger partial charge in [0.2, 0.25) is 5.91 Å². The SMILES string of the molecule is Cc1ccc(NC(=O)CSc2nc3sccc3c(=O)n2C)c(Cl)c1. The highest BCUT2D eigenvalue weighted by molar-refractivity contribution is 7.99. The minimum absolute atomic E-state index is 0.106. The second-order valence-corrected chi connectivity index (χ2v) is 7.46. The highest BCUT2D eigenvalue weighted by Crippen LogP contribution is 2.24. The number of halogens is 1. The Kier molecular flexibility index (Phi) is 4.93. The van der Waals surface area contributed by atoms with Crippen LogP contribution in [0.25, 0.3) is 10.2 Å². The molecule has 1 amide bonds. The van der Waals surface area contributed by atoms with Crippen molar-refractivity contribution in [2.24, 2.45) is 7.05 Å². The highest BCUT2D eigenvalue weighted by Gasteiger charge is 2.12. The third-order valence-electron chi connectivity index (χ3n) is 3.39. The molecule has 2 aromatic heterocycles. The molecule has 1 N–H and O–H groups in total. The molecule has 3 aromatic rings. The van der Waals surface area contributed by atoms with Crippen LogP contribution in [0.1, 0.15) is 5.56 Å². The van der Waals surface area contributed by atoms with Crippen molar-refractivity contribution in [3.8, 4) is 0 Å². The molecule has 0 bridgehead atoms. The molecule has 8 heteroatoms. The number of hydrogen-bond donors (Lipinski definition) is 1. The van der Waals surface area contributed by atoms with Crippen molar-refractivity contribution in [3.05, 3.63) is 50.6 Å². The molecule has 124 valence electrons. The van der Waals surface area contributed by atoms with Crippen molar-refractivity contribution >= 4 is 56.5 Å². The van der Waals surface area contributed by atoms with Crippen LogP contribution in [0.2, 0.25) is 5.02 Å². The summed E-state index contributed by atoms with van der Waals surface area (Å²) in [7, 11) is 1.66. The van der Waals surface area contributed by atoms with Crippen molar-refractivity contribution in [3.63, 3.8) is 0 Å². The van der Waals surface area contributed by atoms with E-state index in [1.54, 1.807) is 25.2 Å². The fraction of sp³-hybridized carbons (Fsp3) is 0.188. The van der Waals surface area contributed by atoms with Crippen LogP contribution in [0.5, 0.6) is 0 Å². The summed E-state index contributed by atoms with van der Waals surface area (Å²) in [6.07, 6.45) is 0. The maximum Gasteiger partial charge on any atom is 0.262 e. The summed E-state index contributed by atoms with van der Waals surface area (Å²) in [4.78, 5) is 29.5. The van der Waals surface area contributed by atoms with E-state index < -0.39 is 0 Å². The second-order valence-electron chi connectivity index (χ2n) is 5.22. The fourth-order valence-corrected chi connectivity index (χ4v) is 4.01. The van der Waals surface area contributed by atoms with Crippen LogP contribution in [0.3, 0.4) is 0 Å². The minimum atomic E-state index is -0.203. The van der Waals surface area contributed by atoms with E-state index in [9.17, 15) is 9.59 Å². The van der Waals surface area contributed by atoms with Gasteiger partial charge in [-0.1, -0.05) is 29.4 Å². The summed E-state index contributed by atoms with van der Waals surface area (Å²) in [5.74, 6) is -0.0623. The molecular weight excluding hydrogens is 366 g/mol. The molecule has 5 nitrogen and oxygen atoms in total. The van der Waals surface area contributed by atoms with E-state index in [1.807, 2.05) is 18.4 Å². The third kappa shape index (κ3) is 3.48. The van der Waals surface area contributed by atoms with E-state index in [0.717, 1.165) is 5.56 Å². The van der Waals surface area contributed by atoms with Gasteiger partial charge in [-0.2, -0.15) is 0 Å². The molecule has 0 atom stereocenters. The molecule has 1 aromatic carbocycles. The zero-order chi connectivity index (χ0) is 17.3. The number of rotatable bonds is 4. The van der Waals surface area contributed by atoms with Crippen molar-refractivity contribution in [2.45, 2.75) is 12.1 Å². The number of benzene rings is 1. The minimum Gasteiger partial charge on any atom is -0.324 e. The Morgan fingerprint density at radius 3 is 2.96 bits per heavy atom. The molecule has 24 heavy (non-hydrogen) atoms. The van der Waals surface area contributed by atoms with Gasteiger partial charge in [-0.15, -0.1) is 11.3 Å². The van der Waals surface area contributed by atoms with Crippen molar-refractivity contribution < 1.29 is 4.79 Å². The van der Waals surface area contributed by atoms with Gasteiger partial charge < -0.3 is 5.32 Å². The quantitative estimate of drug-likeness (QED) is 0.554. The summed E-state index contributed by atoms with van der Waals surface area (Å²) >= 11 is 8.74. The molecule has 0 aliphatic carbocycles. The number of fused-ring (bicyclic) bond motifs is 1. The van der Waals surface area contributed by atoms with Crippen molar-refractivity contribution in [2.75, 3.05) is 11.1 Å². The van der Waals surface area contributed by atoms with Crippen LogP contribution in [0, 0.1) is 6.92 Å². The molecule has 3 rings (SSSR count). The first kappa shape index (κ1) is 17.0. The Morgan fingerprint density at radius 1 is 1.42 bits per heavy atom. The molecule has 0 spiro atoms. The van der Waals surface area contributed by atoms with Gasteiger partial charge in [0, 0.05) is 7.05 Å². The van der Waals surface area contributed by atoms with Crippen molar-refractivity contribution in [1.29, 1.82) is 0 Å². The van der Waals surface area contributed by atoms with E-state index >= 15 is 0 Å². The van der Waals surface area contributed by atoms with Gasteiger partial charge in [0.25, 0.3) is 5.56 Å². The largest absolute Gasteiger partial charge is 0.324 e. The van der Waals surface area contributed by atoms with Crippen LogP contribution in [0.15, 0.2) is 39.6 Å². The lowest BCUT2D eigenvalue weighted by atomic mass is 10.2. The number of anilines is 1. The lowest BCUT2D eigenvalue weighted by Gasteiger charge is -2.09. The number of hydrogen-bond acceptors (Lipinski definition) is 5. The van der Waals surface area contributed by atoms with Crippen molar-refractivity contribution in [1.82, 2.24) is 9.55 Å². The molecule has 0 unspecified atom stereocenters. The number of carbonyl (C=O) groups excluding carboxylic acids is 1. The zero-order valence-electron chi connectivity index (χ0n) is 13.0. The van der Waals surface area contributed by atoms with Crippen LogP contribution in [-0.2, 0) is 11.8 Å². The molecule has 2 heterocycles. The number of aromatic nitrogens is 2. The van der Waals surface area contributed by atoms with E-state index in [4.69, 9.17) is 11.6 Å². The molecule has 0 aliphatic rings. The smallest absolute Gasteiger partial charge is 0.262 e. The standard InChI is InChI=1S/C16H14ClN3O2S2/c1-9-3-4-12(11(17)7-9)18-13(21)8-24-16-19-14-10(5-6-23-14)15(22)20(16)2/h3-7H,8H2,1-2H3,(H,18,21). The number of amides is 1. The first-order valence-electron chi connectivity index (χ1n) is 7.09. The van der Waals surface area contributed by atoms with Gasteiger partial charge >= 0.3 is 0 Å². The molecule has 0 aliphatic heterocycles. The summed E-state index contributed by atoms with van der Waals surface area (Å²) < 4.78 is 1.46. The second kappa shape index (κ2) is 6.96. The predicted octanol–water partition coefficient (Wildman–Crippen LogP) is 3.69. The summed E-state index contributed by atoms with van der Waals surface area (Å²) in [6.45, 7) is 1.93. The van der Waals surface area contributed by atoms with Gasteiger partial charge in [-0.25, -0.2) is 4.98 Å². The molecular formula is C16H14ClN3O2S2. The Labute approximate surface area is 151 Å². The van der Waals surface area contributed by atoms with Gasteiger partial charge in [-0.3, -0.25) is 14.2 Å². The first-order chi connectivity index (χ1) is 11.5. The van der Waals surface area contributed by atoms with E-state index in [1.165, 1.54) is 27.7 Å². The predicted molar refractivity (Wildman–Crippen MR) is 100 cm³/mol. The van der Waals surface area contributed by atoms with E-state index in [2.05, 4.69) is 10.3 Å². The molecule has 0 fully saturated rings. The Balaban J connectivity index is 1.72. The summed E-state index contributed by atoms with van der Waals surface area (Å²) in [5.41, 5.74) is 1.49. The van der Waals surface area contributed by atoms with Crippen LogP contribution < -0.4 is 10.9 Å². The Hall–Kier alpha value is -1.83. The lowest BCUT2D eigenvalue weighted by molar-refractivity contribution is -0.113. The van der Waals surface area contributed by atoms with Gasteiger partial charge in [0.1, 0.15) is 4.83 Å². The topological polar surface area (TPSA) is 64.0 Å². The maximum absolute atomic E-state index is 12.2. The Bertz CT molecular complexity index is 981. The highest BCUT2D eigenvalue weighted by atomic mass is 35.5. The summed E-state index contributed by atoms with van der Waals surface area (Å²) in [6, 6.07) is 7.20. The average Bonchev–Trinajstić information content (AvgIpc) is 3.01. The van der Waals surface area contributed by atoms with E-state index in [-0.39, 0.29) is 17.2 Å². The van der Waals surface area contributed by atoms with Gasteiger partial charge in [-0.05, 0) is 36.1 Å². The van der Waals surface area contributed by atoms with Crippen LogP contribution in [-0.4, -0.2) is 21.2 Å². The number of carbonyl (C=O) groups is 1. The molecule has 0 saturated heterocycles. The zero-order valence-corrected chi connectivity index (χ0v) is 15.4. The maximum atomic E-state index is 12.2. The average molecular weight is 380 g/mol. The number of thioether (sulfide) groups is 1. The number of nitrogens with one attached hydrogen (secondary N) is 1. The number of nitrogens with zero attached hydrogens (tertiary/aromatic N) is 2. The number of thiophene rings is 1.